The number of likely N-dealkylation sites (N-methyl/N-ethyl adjacent to an activating group) is 1. The van der Waals surface area contributed by atoms with Crippen molar-refractivity contribution in [3.8, 4) is 16.9 Å². The number of amides is 1. The molecule has 3 aliphatic rings. The zero-order chi connectivity index (χ0) is 27.7. The Kier molecular flexibility index (Phi) is 5.77. The molecule has 4 atom stereocenters. The summed E-state index contributed by atoms with van der Waals surface area (Å²) in [4.78, 5) is 51.9. The van der Waals surface area contributed by atoms with Gasteiger partial charge in [-0.25, -0.2) is 0 Å². The molecular weight excluding hydrogens is 492 g/mol. The molecule has 10 nitrogen and oxygen atoms in total. The normalized spacial score (nSPS) is 26.7. The minimum absolute atomic E-state index is 0.00436. The second kappa shape index (κ2) is 8.64. The first-order chi connectivity index (χ1) is 17.9. The topological polar surface area (TPSA) is 178 Å². The fraction of sp³-hybridized carbons (Fsp3) is 0.286. The summed E-state index contributed by atoms with van der Waals surface area (Å²) in [5.74, 6) is -6.99. The second-order valence-corrected chi connectivity index (χ2v) is 10.2. The summed E-state index contributed by atoms with van der Waals surface area (Å²) in [5, 5.41) is 44.6. The van der Waals surface area contributed by atoms with Gasteiger partial charge in [-0.05, 0) is 61.7 Å². The zero-order valence-corrected chi connectivity index (χ0v) is 20.6. The summed E-state index contributed by atoms with van der Waals surface area (Å²) in [5.41, 5.74) is 3.82. The highest BCUT2D eigenvalue weighted by atomic mass is 16.3. The number of nitrogens with two attached hydrogens (primary N) is 1. The number of rotatable bonds is 4. The molecule has 1 amide bonds. The van der Waals surface area contributed by atoms with Gasteiger partial charge in [0.15, 0.2) is 11.4 Å². The second-order valence-electron chi connectivity index (χ2n) is 10.2. The summed E-state index contributed by atoms with van der Waals surface area (Å²) in [6, 6.07) is 8.63. The number of fused-ring (bicyclic) bond motifs is 3. The molecular formula is C28H26N2O8. The Hall–Kier alpha value is -4.28. The number of hydrogen-bond donors (Lipinski definition) is 5. The predicted molar refractivity (Wildman–Crippen MR) is 135 cm³/mol. The van der Waals surface area contributed by atoms with Gasteiger partial charge in [-0.1, -0.05) is 24.3 Å². The van der Waals surface area contributed by atoms with Crippen molar-refractivity contribution in [2.24, 2.45) is 17.6 Å². The van der Waals surface area contributed by atoms with Crippen LogP contribution in [0.3, 0.4) is 0 Å². The molecule has 0 spiro atoms. The number of aliphatic hydroxyl groups is 3. The number of aliphatic hydroxyl groups excluding tert-OH is 2. The molecule has 2 aromatic rings. The number of primary amides is 1. The van der Waals surface area contributed by atoms with Crippen LogP contribution in [-0.2, 0) is 20.8 Å². The Morgan fingerprint density at radius 2 is 1.84 bits per heavy atom. The third-order valence-electron chi connectivity index (χ3n) is 7.94. The maximum absolute atomic E-state index is 13.9. The Morgan fingerprint density at radius 1 is 1.13 bits per heavy atom. The van der Waals surface area contributed by atoms with E-state index in [1.807, 2.05) is 0 Å². The highest BCUT2D eigenvalue weighted by molar-refractivity contribution is 6.24. The first kappa shape index (κ1) is 25.4. The summed E-state index contributed by atoms with van der Waals surface area (Å²) < 4.78 is 0. The number of ketones is 2. The van der Waals surface area contributed by atoms with Crippen LogP contribution in [0.5, 0.6) is 5.75 Å². The van der Waals surface area contributed by atoms with Crippen LogP contribution in [0.4, 0.5) is 0 Å². The van der Waals surface area contributed by atoms with Gasteiger partial charge in [0.25, 0.3) is 5.91 Å². The maximum atomic E-state index is 13.9. The van der Waals surface area contributed by atoms with E-state index in [1.165, 1.54) is 11.0 Å². The number of hydrogen-bond acceptors (Lipinski definition) is 9. The van der Waals surface area contributed by atoms with E-state index in [2.05, 4.69) is 0 Å². The third-order valence-corrected chi connectivity index (χ3v) is 7.94. The molecule has 4 unspecified atom stereocenters. The summed E-state index contributed by atoms with van der Waals surface area (Å²) in [6.07, 6.45) is 0.854. The van der Waals surface area contributed by atoms with Crippen LogP contribution in [0, 0.1) is 11.8 Å². The van der Waals surface area contributed by atoms with E-state index in [0.717, 1.165) is 0 Å². The minimum atomic E-state index is -2.68. The van der Waals surface area contributed by atoms with E-state index >= 15 is 0 Å². The van der Waals surface area contributed by atoms with Crippen LogP contribution >= 0.6 is 0 Å². The number of phenolic OH excluding ortho intramolecular Hbond substituents is 1. The molecule has 1 fully saturated rings. The molecule has 196 valence electrons. The Bertz CT molecular complexity index is 1500. The lowest BCUT2D eigenvalue weighted by Gasteiger charge is -2.50. The Balaban J connectivity index is 1.74. The van der Waals surface area contributed by atoms with E-state index in [4.69, 9.17) is 5.73 Å². The molecule has 10 heteroatoms. The maximum Gasteiger partial charge on any atom is 0.255 e. The number of phenols is 1. The highest BCUT2D eigenvalue weighted by Crippen LogP contribution is 2.53. The van der Waals surface area contributed by atoms with Gasteiger partial charge in [0, 0.05) is 17.1 Å². The molecule has 1 saturated carbocycles. The van der Waals surface area contributed by atoms with E-state index in [9.17, 15) is 39.6 Å². The molecule has 0 bridgehead atoms. The lowest BCUT2D eigenvalue weighted by molar-refractivity contribution is -0.153. The van der Waals surface area contributed by atoms with Gasteiger partial charge in [0.05, 0.1) is 11.6 Å². The summed E-state index contributed by atoms with van der Waals surface area (Å²) in [7, 11) is 3.09. The van der Waals surface area contributed by atoms with Crippen molar-refractivity contribution in [2.45, 2.75) is 24.5 Å². The first-order valence-corrected chi connectivity index (χ1v) is 12.0. The lowest BCUT2D eigenvalue weighted by Crippen LogP contribution is -2.65. The number of Topliss-reactive ketones (excluding diaryl/α,β-unsaturated/α-hetero) is 2. The first-order valence-electron chi connectivity index (χ1n) is 12.0. The number of aromatic hydroxyl groups is 1. The minimum Gasteiger partial charge on any atom is -0.508 e. The molecule has 2 aromatic carbocycles. The molecule has 0 aliphatic heterocycles. The average molecular weight is 519 g/mol. The number of benzene rings is 2. The monoisotopic (exact) mass is 518 g/mol. The SMILES string of the molecule is CN(C)C1C(=O)C(C(N)=O)=C(O)C2(O)C(=O)C3=C(O)c4c(O)ccc(-c5cccc(C=O)c5)c4CC3CC12. The van der Waals surface area contributed by atoms with Crippen LogP contribution in [0.1, 0.15) is 27.9 Å². The smallest absolute Gasteiger partial charge is 0.255 e. The van der Waals surface area contributed by atoms with Crippen LogP contribution in [0.25, 0.3) is 16.9 Å². The van der Waals surface area contributed by atoms with Gasteiger partial charge >= 0.3 is 0 Å². The van der Waals surface area contributed by atoms with Crippen molar-refractivity contribution in [3.63, 3.8) is 0 Å². The number of carbonyl (C=O) groups excluding carboxylic acids is 4. The molecule has 38 heavy (non-hydrogen) atoms. The van der Waals surface area contributed by atoms with E-state index in [-0.39, 0.29) is 29.7 Å². The number of carbonyl (C=O) groups is 4. The van der Waals surface area contributed by atoms with Crippen molar-refractivity contribution in [3.05, 3.63) is 70.0 Å². The standard InChI is InChI=1S/C28H26N2O8/c1-30(2)22-17-10-14-9-16-15(13-5-3-4-12(8-13)11-31)6-7-18(32)20(16)23(33)19(14)25(35)28(17,38)26(36)21(24(22)34)27(29)37/h3-8,11,14,17,22,32-33,36,38H,9-10H2,1-2H3,(H2,29,37). The molecule has 3 aliphatic carbocycles. The Morgan fingerprint density at radius 3 is 2.47 bits per heavy atom. The quantitative estimate of drug-likeness (QED) is 0.296. The zero-order valence-electron chi connectivity index (χ0n) is 20.6. The van der Waals surface area contributed by atoms with E-state index in [1.54, 1.807) is 44.4 Å². The molecule has 5 rings (SSSR count). The molecule has 0 saturated heterocycles. The van der Waals surface area contributed by atoms with Crippen molar-refractivity contribution in [1.29, 1.82) is 0 Å². The molecule has 0 aromatic heterocycles. The van der Waals surface area contributed by atoms with Crippen LogP contribution in [0.2, 0.25) is 0 Å². The molecule has 0 heterocycles. The van der Waals surface area contributed by atoms with E-state index in [0.29, 0.717) is 28.5 Å². The average Bonchev–Trinajstić information content (AvgIpc) is 2.86. The molecule has 6 N–H and O–H groups in total. The lowest BCUT2D eigenvalue weighted by atomic mass is 9.57. The van der Waals surface area contributed by atoms with Gasteiger partial charge in [-0.15, -0.1) is 0 Å². The molecule has 0 radical (unpaired) electrons. The van der Waals surface area contributed by atoms with Crippen LogP contribution in [-0.4, -0.2) is 74.8 Å². The predicted octanol–water partition coefficient (Wildman–Crippen LogP) is 1.44. The van der Waals surface area contributed by atoms with Crippen molar-refractivity contribution in [2.75, 3.05) is 14.1 Å². The fourth-order valence-electron chi connectivity index (χ4n) is 6.29. The van der Waals surface area contributed by atoms with Crippen LogP contribution in [0.15, 0.2) is 53.3 Å². The van der Waals surface area contributed by atoms with Crippen molar-refractivity contribution >= 4 is 29.5 Å². The summed E-state index contributed by atoms with van der Waals surface area (Å²) >= 11 is 0. The Labute approximate surface area is 217 Å². The van der Waals surface area contributed by atoms with E-state index < -0.39 is 58.0 Å². The van der Waals surface area contributed by atoms with Crippen molar-refractivity contribution < 1.29 is 39.6 Å². The number of aldehydes is 1. The van der Waals surface area contributed by atoms with Gasteiger partial charge in [-0.3, -0.25) is 24.1 Å². The third kappa shape index (κ3) is 3.34. The van der Waals surface area contributed by atoms with Gasteiger partial charge in [-0.2, -0.15) is 0 Å². The van der Waals surface area contributed by atoms with Gasteiger partial charge in [0.2, 0.25) is 5.78 Å². The highest BCUT2D eigenvalue weighted by Gasteiger charge is 2.64. The number of nitrogens with zero attached hydrogens (tertiary/aromatic N) is 1. The fourth-order valence-corrected chi connectivity index (χ4v) is 6.29. The van der Waals surface area contributed by atoms with Gasteiger partial charge < -0.3 is 26.2 Å². The van der Waals surface area contributed by atoms with Crippen LogP contribution < -0.4 is 5.73 Å². The van der Waals surface area contributed by atoms with Crippen molar-refractivity contribution in [1.82, 2.24) is 4.90 Å². The van der Waals surface area contributed by atoms with Gasteiger partial charge in [0.1, 0.15) is 29.1 Å². The largest absolute Gasteiger partial charge is 0.508 e. The summed E-state index contributed by atoms with van der Waals surface area (Å²) in [6.45, 7) is 0.